The highest BCUT2D eigenvalue weighted by molar-refractivity contribution is 7.19. The Labute approximate surface area is 442 Å². The van der Waals surface area contributed by atoms with Crippen molar-refractivity contribution in [3.05, 3.63) is 79.9 Å². The zero-order valence-corrected chi connectivity index (χ0v) is 45.2. The number of carbonyl (C=O) groups is 1. The van der Waals surface area contributed by atoms with Gasteiger partial charge in [0.25, 0.3) is 0 Å². The molecule has 4 fully saturated rings. The van der Waals surface area contributed by atoms with E-state index in [1.165, 1.54) is 11.2 Å². The van der Waals surface area contributed by atoms with Crippen molar-refractivity contribution in [3.8, 4) is 34.3 Å². The van der Waals surface area contributed by atoms with Crippen molar-refractivity contribution in [3.63, 3.8) is 0 Å². The van der Waals surface area contributed by atoms with E-state index in [2.05, 4.69) is 16.8 Å². The molecule has 0 N–H and O–H groups in total. The molecule has 3 atom stereocenters. The number of hydrogen-bond donors (Lipinski definition) is 0. The van der Waals surface area contributed by atoms with E-state index in [1.807, 2.05) is 58.9 Å². The molecular weight excluding hydrogens is 992 g/mol. The highest BCUT2D eigenvalue weighted by Crippen LogP contribution is 2.54. The molecule has 0 spiro atoms. The zero-order valence-electron chi connectivity index (χ0n) is 42.9. The minimum Gasteiger partial charge on any atom is -0.490 e. The second-order valence-electron chi connectivity index (χ2n) is 21.2. The smallest absolute Gasteiger partial charge is 0.348 e. The summed E-state index contributed by atoms with van der Waals surface area (Å²) in [6.45, 7) is 16.5. The van der Waals surface area contributed by atoms with Crippen LogP contribution < -0.4 is 18.9 Å². The number of benzene rings is 2. The molecular formula is C55H68Cl2N6O9S. The van der Waals surface area contributed by atoms with E-state index >= 15 is 0 Å². The van der Waals surface area contributed by atoms with E-state index in [0.29, 0.717) is 77.1 Å². The van der Waals surface area contributed by atoms with Crippen molar-refractivity contribution in [1.82, 2.24) is 29.7 Å². The number of carbonyl (C=O) groups excluding carboxylic acids is 1. The third-order valence-corrected chi connectivity index (χ3v) is 16.9. The molecule has 392 valence electrons. The van der Waals surface area contributed by atoms with Crippen LogP contribution in [0.3, 0.4) is 0 Å². The van der Waals surface area contributed by atoms with E-state index < -0.39 is 23.8 Å². The lowest BCUT2D eigenvalue weighted by Gasteiger charge is -2.35. The molecule has 2 saturated carbocycles. The largest absolute Gasteiger partial charge is 0.490 e. The van der Waals surface area contributed by atoms with Gasteiger partial charge in [0.15, 0.2) is 5.75 Å². The zero-order chi connectivity index (χ0) is 50.8. The predicted molar refractivity (Wildman–Crippen MR) is 281 cm³/mol. The standard InChI is InChI=1S/C55H68Cl2N6O9S/c1-32-44-33(2)48(57)49(47(32)56)70-40(26-63-20-18-62(6)19-21-63)29-68-39-14-15-42(69-27-37-16-17-58-51(61-37)35-10-12-38(13-11-35)67-30-41-28-65-22-23-66-41)36(24-39)25-43(54(64)72-55(3,4)5)71-52-46-45(44)50(34-8-7-9-34)73-53(46)60-31-59-52/h14-17,24,31,34-35,38,40-41,43H,7-13,18-23,25-30H2,1-6H3/t35?,38?,40-,41-,43-/m1/s1. The number of piperazine rings is 1. The SMILES string of the molecule is Cc1c(Cl)c2c(Cl)c(C)c1-c1c(C3CCC3)sc3ncnc(c13)O[C@@H](C(=O)OC(C)(C)C)Cc1cc(ccc1OCc1ccnc(C3CCC(OC[C@H]4COCCO4)CC3)n1)OC[C@@H](CN1CCN(C)CC1)O2. The number of likely N-dealkylation sites (N-methyl/N-ethyl adjacent to an activating group) is 1. The van der Waals surface area contributed by atoms with Gasteiger partial charge in [0, 0.05) is 67.3 Å². The van der Waals surface area contributed by atoms with Crippen LogP contribution in [0.4, 0.5) is 0 Å². The number of hydrogen-bond acceptors (Lipinski definition) is 16. The lowest BCUT2D eigenvalue weighted by molar-refractivity contribution is -0.163. The van der Waals surface area contributed by atoms with Gasteiger partial charge in [-0.2, -0.15) is 0 Å². The Bertz CT molecular complexity index is 2720. The molecule has 5 aromatic rings. The Morgan fingerprint density at radius 3 is 2.37 bits per heavy atom. The van der Waals surface area contributed by atoms with Crippen LogP contribution in [0.1, 0.15) is 111 Å². The third-order valence-electron chi connectivity index (χ3n) is 14.7. The molecule has 2 aliphatic carbocycles. The summed E-state index contributed by atoms with van der Waals surface area (Å²) in [6, 6.07) is 7.54. The van der Waals surface area contributed by atoms with E-state index in [4.69, 9.17) is 81.0 Å². The minimum absolute atomic E-state index is 0.00829. The Morgan fingerprint density at radius 1 is 0.877 bits per heavy atom. The van der Waals surface area contributed by atoms with Gasteiger partial charge >= 0.3 is 5.97 Å². The molecule has 6 aliphatic rings. The molecule has 0 unspecified atom stereocenters. The van der Waals surface area contributed by atoms with Gasteiger partial charge in [-0.1, -0.05) is 29.6 Å². The Hall–Kier alpha value is -4.39. The highest BCUT2D eigenvalue weighted by Gasteiger charge is 2.36. The molecule has 0 radical (unpaired) electrons. The summed E-state index contributed by atoms with van der Waals surface area (Å²) < 4.78 is 50.9. The summed E-state index contributed by atoms with van der Waals surface area (Å²) >= 11 is 16.5. The molecule has 0 amide bonds. The van der Waals surface area contributed by atoms with Gasteiger partial charge in [0.1, 0.15) is 59.5 Å². The van der Waals surface area contributed by atoms with Gasteiger partial charge in [-0.15, -0.1) is 11.3 Å². The topological polar surface area (TPSA) is 149 Å². The number of esters is 1. The number of nitrogens with zero attached hydrogens (tertiary/aromatic N) is 6. The average molecular weight is 1060 g/mol. The Balaban J connectivity index is 0.992. The first-order valence-electron chi connectivity index (χ1n) is 26.0. The molecule has 4 aliphatic heterocycles. The normalized spacial score (nSPS) is 23.5. The molecule has 2 aromatic carbocycles. The van der Waals surface area contributed by atoms with Crippen LogP contribution >= 0.6 is 34.5 Å². The van der Waals surface area contributed by atoms with Gasteiger partial charge < -0.3 is 42.8 Å². The fourth-order valence-electron chi connectivity index (χ4n) is 10.5. The van der Waals surface area contributed by atoms with Crippen LogP contribution in [0, 0.1) is 13.8 Å². The summed E-state index contributed by atoms with van der Waals surface area (Å²) in [5.41, 5.74) is 4.04. The highest BCUT2D eigenvalue weighted by atomic mass is 35.5. The predicted octanol–water partition coefficient (Wildman–Crippen LogP) is 10.1. The molecule has 4 bridgehead atoms. The summed E-state index contributed by atoms with van der Waals surface area (Å²) in [5.74, 6) is 2.55. The first-order valence-corrected chi connectivity index (χ1v) is 27.6. The van der Waals surface area contributed by atoms with E-state index in [9.17, 15) is 4.79 Å². The Morgan fingerprint density at radius 2 is 1.66 bits per heavy atom. The lowest BCUT2D eigenvalue weighted by atomic mass is 9.80. The number of fused-ring (bicyclic) bond motifs is 7. The minimum atomic E-state index is -1.16. The van der Waals surface area contributed by atoms with Crippen molar-refractivity contribution in [2.24, 2.45) is 0 Å². The third kappa shape index (κ3) is 12.2. The maximum atomic E-state index is 14.6. The first kappa shape index (κ1) is 52.1. The molecule has 15 nitrogen and oxygen atoms in total. The van der Waals surface area contributed by atoms with Crippen molar-refractivity contribution in [2.45, 2.75) is 134 Å². The van der Waals surface area contributed by atoms with Crippen molar-refractivity contribution in [2.75, 3.05) is 72.8 Å². The summed E-state index contributed by atoms with van der Waals surface area (Å²) in [4.78, 5) is 40.6. The number of halogens is 2. The summed E-state index contributed by atoms with van der Waals surface area (Å²) in [6.07, 6.45) is 8.82. The molecule has 2 saturated heterocycles. The van der Waals surface area contributed by atoms with Gasteiger partial charge in [-0.05, 0) is 127 Å². The molecule has 11 rings (SSSR count). The second kappa shape index (κ2) is 22.8. The van der Waals surface area contributed by atoms with Crippen LogP contribution in [0.25, 0.3) is 21.3 Å². The van der Waals surface area contributed by atoms with E-state index in [-0.39, 0.29) is 43.6 Å². The lowest BCUT2D eigenvalue weighted by Crippen LogP contribution is -2.49. The van der Waals surface area contributed by atoms with Gasteiger partial charge in [0.05, 0.1) is 53.7 Å². The molecule has 18 heteroatoms. The molecule has 7 heterocycles. The fraction of sp³-hybridized carbons (Fsp3) is 0.582. The number of ether oxygens (including phenoxy) is 8. The fourth-order valence-corrected chi connectivity index (χ4v) is 12.3. The number of rotatable bonds is 11. The first-order chi connectivity index (χ1) is 35.2. The van der Waals surface area contributed by atoms with Crippen LogP contribution in [-0.4, -0.2) is 139 Å². The average Bonchev–Trinajstić information content (AvgIpc) is 3.73. The van der Waals surface area contributed by atoms with Crippen molar-refractivity contribution >= 4 is 50.7 Å². The maximum absolute atomic E-state index is 14.6. The van der Waals surface area contributed by atoms with Crippen LogP contribution in [0.15, 0.2) is 36.8 Å². The van der Waals surface area contributed by atoms with Crippen molar-refractivity contribution < 1.29 is 42.7 Å². The van der Waals surface area contributed by atoms with Gasteiger partial charge in [0.2, 0.25) is 12.0 Å². The summed E-state index contributed by atoms with van der Waals surface area (Å²) in [7, 11) is 2.14. The van der Waals surface area contributed by atoms with Gasteiger partial charge in [-0.3, -0.25) is 4.90 Å². The Kier molecular flexibility index (Phi) is 16.3. The van der Waals surface area contributed by atoms with Crippen LogP contribution in [-0.2, 0) is 36.8 Å². The number of aromatic nitrogens is 4. The second-order valence-corrected chi connectivity index (χ2v) is 23.0. The van der Waals surface area contributed by atoms with Crippen molar-refractivity contribution in [1.29, 1.82) is 0 Å². The van der Waals surface area contributed by atoms with E-state index in [0.717, 1.165) is 110 Å². The maximum Gasteiger partial charge on any atom is 0.348 e. The van der Waals surface area contributed by atoms with E-state index in [1.54, 1.807) is 17.5 Å². The van der Waals surface area contributed by atoms with Crippen LogP contribution in [0.5, 0.6) is 23.1 Å². The number of thiophene rings is 1. The summed E-state index contributed by atoms with van der Waals surface area (Å²) in [5, 5.41) is 1.56. The molecule has 3 aromatic heterocycles. The van der Waals surface area contributed by atoms with Crippen LogP contribution in [0.2, 0.25) is 10.0 Å². The molecule has 73 heavy (non-hydrogen) atoms. The monoisotopic (exact) mass is 1060 g/mol. The quantitative estimate of drug-likeness (QED) is 0.115. The van der Waals surface area contributed by atoms with Gasteiger partial charge in [-0.25, -0.2) is 24.7 Å².